The lowest BCUT2D eigenvalue weighted by atomic mass is 10.1. The van der Waals surface area contributed by atoms with Crippen LogP contribution < -0.4 is 15.2 Å². The number of nitrogens with two attached hydrogens (primary N) is 1. The van der Waals surface area contributed by atoms with E-state index in [1.165, 1.54) is 19.3 Å². The Kier molecular flexibility index (Phi) is 6.22. The molecule has 154 valence electrons. The minimum Gasteiger partial charge on any atom is -0.493 e. The number of ether oxygens (including phenoxy) is 2. The maximum absolute atomic E-state index is 12.3. The first-order chi connectivity index (χ1) is 14.3. The van der Waals surface area contributed by atoms with Crippen LogP contribution in [-0.4, -0.2) is 41.6 Å². The van der Waals surface area contributed by atoms with Crippen molar-refractivity contribution in [2.24, 2.45) is 5.73 Å². The van der Waals surface area contributed by atoms with Gasteiger partial charge in [-0.05, 0) is 54.6 Å². The van der Waals surface area contributed by atoms with Crippen molar-refractivity contribution < 1.29 is 28.7 Å². The number of carbonyl (C=O) groups excluding carboxylic acids is 4. The van der Waals surface area contributed by atoms with Gasteiger partial charge in [-0.2, -0.15) is 0 Å². The fourth-order valence-electron chi connectivity index (χ4n) is 2.65. The molecule has 1 heterocycles. The molecule has 9 heteroatoms. The molecule has 30 heavy (non-hydrogen) atoms. The molecule has 2 aromatic rings. The molecule has 0 saturated carbocycles. The number of rotatable bonds is 6. The largest absolute Gasteiger partial charge is 0.493 e. The highest BCUT2D eigenvalue weighted by Crippen LogP contribution is 2.34. The van der Waals surface area contributed by atoms with Gasteiger partial charge in [0.2, 0.25) is 5.91 Å². The predicted octanol–water partition coefficient (Wildman–Crippen LogP) is 2.74. The molecule has 1 fully saturated rings. The zero-order valence-electron chi connectivity index (χ0n) is 16.2. The van der Waals surface area contributed by atoms with Crippen molar-refractivity contribution in [3.8, 4) is 11.5 Å². The SMILES string of the molecule is COc1cc(/C=C2\SC(=O)N(CC(N)=O)C2=O)ccc1OC(=O)c1ccc(C)cc1. The summed E-state index contributed by atoms with van der Waals surface area (Å²) in [6.45, 7) is 1.44. The van der Waals surface area contributed by atoms with Gasteiger partial charge in [-0.1, -0.05) is 23.8 Å². The molecular formula is C21H18N2O6S. The number of carbonyl (C=O) groups is 4. The van der Waals surface area contributed by atoms with Gasteiger partial charge in [0.25, 0.3) is 11.1 Å². The van der Waals surface area contributed by atoms with Crippen LogP contribution in [-0.2, 0) is 9.59 Å². The van der Waals surface area contributed by atoms with Crippen LogP contribution in [0.25, 0.3) is 6.08 Å². The second-order valence-corrected chi connectivity index (χ2v) is 7.39. The number of esters is 1. The summed E-state index contributed by atoms with van der Waals surface area (Å²) in [5, 5.41) is -0.569. The lowest BCUT2D eigenvalue weighted by molar-refractivity contribution is -0.127. The Bertz CT molecular complexity index is 1060. The number of methoxy groups -OCH3 is 1. The third kappa shape index (κ3) is 4.69. The molecule has 2 N–H and O–H groups in total. The lowest BCUT2D eigenvalue weighted by Crippen LogP contribution is -2.36. The van der Waals surface area contributed by atoms with Crippen LogP contribution in [0.3, 0.4) is 0 Å². The molecule has 1 saturated heterocycles. The highest BCUT2D eigenvalue weighted by molar-refractivity contribution is 8.18. The maximum Gasteiger partial charge on any atom is 0.343 e. The van der Waals surface area contributed by atoms with E-state index in [9.17, 15) is 19.2 Å². The molecule has 1 aliphatic heterocycles. The average molecular weight is 426 g/mol. The van der Waals surface area contributed by atoms with Crippen LogP contribution in [0.15, 0.2) is 47.4 Å². The fourth-order valence-corrected chi connectivity index (χ4v) is 3.49. The highest BCUT2D eigenvalue weighted by atomic mass is 32.2. The van der Waals surface area contributed by atoms with E-state index in [0.717, 1.165) is 10.5 Å². The Hall–Kier alpha value is -3.59. The van der Waals surface area contributed by atoms with Gasteiger partial charge in [-0.3, -0.25) is 19.3 Å². The number of thioether (sulfide) groups is 1. The van der Waals surface area contributed by atoms with Gasteiger partial charge in [0.05, 0.1) is 17.6 Å². The molecule has 2 aromatic carbocycles. The van der Waals surface area contributed by atoms with Gasteiger partial charge in [-0.15, -0.1) is 0 Å². The Morgan fingerprint density at radius 2 is 1.80 bits per heavy atom. The van der Waals surface area contributed by atoms with E-state index in [-0.39, 0.29) is 16.4 Å². The molecule has 3 rings (SSSR count). The number of benzene rings is 2. The van der Waals surface area contributed by atoms with Crippen molar-refractivity contribution in [3.63, 3.8) is 0 Å². The van der Waals surface area contributed by atoms with E-state index in [0.29, 0.717) is 22.9 Å². The summed E-state index contributed by atoms with van der Waals surface area (Å²) in [5.41, 5.74) is 7.03. The Morgan fingerprint density at radius 1 is 1.10 bits per heavy atom. The quantitative estimate of drug-likeness (QED) is 0.429. The van der Waals surface area contributed by atoms with Crippen LogP contribution in [0.1, 0.15) is 21.5 Å². The smallest absolute Gasteiger partial charge is 0.343 e. The Balaban J connectivity index is 1.80. The second kappa shape index (κ2) is 8.83. The monoisotopic (exact) mass is 426 g/mol. The summed E-state index contributed by atoms with van der Waals surface area (Å²) in [5.74, 6) is -1.42. The first-order valence-electron chi connectivity index (χ1n) is 8.79. The molecule has 0 bridgehead atoms. The third-order valence-corrected chi connectivity index (χ3v) is 5.07. The van der Waals surface area contributed by atoms with E-state index >= 15 is 0 Å². The van der Waals surface area contributed by atoms with Gasteiger partial charge in [-0.25, -0.2) is 4.79 Å². The summed E-state index contributed by atoms with van der Waals surface area (Å²) in [4.78, 5) is 48.5. The van der Waals surface area contributed by atoms with E-state index in [4.69, 9.17) is 15.2 Å². The van der Waals surface area contributed by atoms with Crippen LogP contribution in [0.2, 0.25) is 0 Å². The Morgan fingerprint density at radius 3 is 2.43 bits per heavy atom. The number of primary amides is 1. The topological polar surface area (TPSA) is 116 Å². The summed E-state index contributed by atoms with van der Waals surface area (Å²) >= 11 is 0.710. The van der Waals surface area contributed by atoms with Gasteiger partial charge < -0.3 is 15.2 Å². The molecular weight excluding hydrogens is 408 g/mol. The summed E-state index contributed by atoms with van der Waals surface area (Å²) in [6, 6.07) is 11.7. The van der Waals surface area contributed by atoms with Crippen molar-refractivity contribution in [1.82, 2.24) is 4.90 Å². The molecule has 0 aromatic heterocycles. The summed E-state index contributed by atoms with van der Waals surface area (Å²) < 4.78 is 10.7. The number of imide groups is 1. The average Bonchev–Trinajstić information content (AvgIpc) is 2.96. The predicted molar refractivity (Wildman–Crippen MR) is 111 cm³/mol. The number of hydrogen-bond acceptors (Lipinski definition) is 7. The molecule has 0 atom stereocenters. The Labute approximate surface area is 176 Å². The number of amides is 3. The highest BCUT2D eigenvalue weighted by Gasteiger charge is 2.35. The van der Waals surface area contributed by atoms with Gasteiger partial charge >= 0.3 is 5.97 Å². The van der Waals surface area contributed by atoms with Gasteiger partial charge in [0.15, 0.2) is 11.5 Å². The zero-order chi connectivity index (χ0) is 21.8. The van der Waals surface area contributed by atoms with Crippen molar-refractivity contribution in [3.05, 3.63) is 64.1 Å². The first kappa shape index (κ1) is 21.1. The summed E-state index contributed by atoms with van der Waals surface area (Å²) in [6.07, 6.45) is 1.49. The van der Waals surface area contributed by atoms with E-state index in [1.807, 2.05) is 19.1 Å². The first-order valence-corrected chi connectivity index (χ1v) is 9.60. The second-order valence-electron chi connectivity index (χ2n) is 6.40. The maximum atomic E-state index is 12.3. The van der Waals surface area contributed by atoms with E-state index < -0.39 is 29.6 Å². The third-order valence-electron chi connectivity index (χ3n) is 4.16. The molecule has 3 amide bonds. The summed E-state index contributed by atoms with van der Waals surface area (Å²) in [7, 11) is 1.42. The van der Waals surface area contributed by atoms with Crippen LogP contribution in [0.5, 0.6) is 11.5 Å². The molecule has 1 aliphatic rings. The van der Waals surface area contributed by atoms with Crippen molar-refractivity contribution in [1.29, 1.82) is 0 Å². The van der Waals surface area contributed by atoms with Crippen LogP contribution in [0, 0.1) is 6.92 Å². The van der Waals surface area contributed by atoms with E-state index in [2.05, 4.69) is 0 Å². The lowest BCUT2D eigenvalue weighted by Gasteiger charge is -2.10. The normalized spacial score (nSPS) is 14.9. The number of nitrogens with zero attached hydrogens (tertiary/aromatic N) is 1. The van der Waals surface area contributed by atoms with E-state index in [1.54, 1.807) is 24.3 Å². The number of aryl methyl sites for hydroxylation is 1. The van der Waals surface area contributed by atoms with Crippen LogP contribution >= 0.6 is 11.8 Å². The minimum absolute atomic E-state index is 0.146. The van der Waals surface area contributed by atoms with Gasteiger partial charge in [0.1, 0.15) is 6.54 Å². The zero-order valence-corrected chi connectivity index (χ0v) is 17.0. The van der Waals surface area contributed by atoms with Crippen molar-refractivity contribution >= 4 is 40.9 Å². The molecule has 0 unspecified atom stereocenters. The molecule has 0 radical (unpaired) electrons. The van der Waals surface area contributed by atoms with Gasteiger partial charge in [0, 0.05) is 0 Å². The minimum atomic E-state index is -0.778. The van der Waals surface area contributed by atoms with Crippen molar-refractivity contribution in [2.45, 2.75) is 6.92 Å². The molecule has 0 spiro atoms. The molecule has 8 nitrogen and oxygen atoms in total. The number of hydrogen-bond donors (Lipinski definition) is 1. The van der Waals surface area contributed by atoms with Crippen molar-refractivity contribution in [2.75, 3.05) is 13.7 Å². The van der Waals surface area contributed by atoms with Crippen LogP contribution in [0.4, 0.5) is 4.79 Å². The molecule has 0 aliphatic carbocycles. The standard InChI is InChI=1S/C21H18N2O6S/c1-12-3-6-14(7-4-12)20(26)29-15-8-5-13(9-16(15)28-2)10-17-19(25)23(11-18(22)24)21(27)30-17/h3-10H,11H2,1-2H3,(H2,22,24)/b17-10-. The fraction of sp³-hybridized carbons (Fsp3) is 0.143.